The largest absolute Gasteiger partial charge is 0.400 e. The number of para-hydroxylation sites is 1. The smallest absolute Gasteiger partial charge is 0.222 e. The van der Waals surface area contributed by atoms with E-state index < -0.39 is 0 Å². The summed E-state index contributed by atoms with van der Waals surface area (Å²) in [5.74, 6) is 0.663. The zero-order valence-electron chi connectivity index (χ0n) is 7.96. The number of benzene rings is 2. The van der Waals surface area contributed by atoms with Gasteiger partial charge in [-0.15, -0.1) is 0 Å². The minimum atomic E-state index is 0.364. The molecule has 0 spiro atoms. The summed E-state index contributed by atoms with van der Waals surface area (Å²) in [6, 6.07) is 17.5. The Morgan fingerprint density at radius 3 is 2.27 bits per heavy atom. The fourth-order valence-electron chi connectivity index (χ4n) is 1.44. The van der Waals surface area contributed by atoms with Gasteiger partial charge in [-0.2, -0.15) is 0 Å². The van der Waals surface area contributed by atoms with Gasteiger partial charge in [0, 0.05) is 5.56 Å². The van der Waals surface area contributed by atoms with Crippen LogP contribution in [0.25, 0.3) is 11.1 Å². The summed E-state index contributed by atoms with van der Waals surface area (Å²) in [7, 11) is 0. The molecule has 0 saturated heterocycles. The van der Waals surface area contributed by atoms with E-state index in [1.54, 1.807) is 0 Å². The van der Waals surface area contributed by atoms with Crippen LogP contribution < -0.4 is 4.18 Å². The second kappa shape index (κ2) is 4.87. The molecule has 3 heteroatoms. The van der Waals surface area contributed by atoms with Crippen LogP contribution >= 0.6 is 12.3 Å². The van der Waals surface area contributed by atoms with Crippen LogP contribution in [0.3, 0.4) is 0 Å². The van der Waals surface area contributed by atoms with Crippen LogP contribution in [-0.4, -0.2) is 4.55 Å². The number of hydrogen-bond donors (Lipinski definition) is 1. The van der Waals surface area contributed by atoms with Gasteiger partial charge < -0.3 is 4.18 Å². The van der Waals surface area contributed by atoms with Crippen molar-refractivity contribution in [1.82, 2.24) is 0 Å². The van der Waals surface area contributed by atoms with E-state index in [9.17, 15) is 0 Å². The first-order chi connectivity index (χ1) is 7.42. The van der Waals surface area contributed by atoms with E-state index in [2.05, 4.69) is 0 Å². The number of hydrogen-bond acceptors (Lipinski definition) is 3. The van der Waals surface area contributed by atoms with E-state index in [1.165, 1.54) is 0 Å². The van der Waals surface area contributed by atoms with Gasteiger partial charge in [-0.25, -0.2) is 0 Å². The second-order valence-corrected chi connectivity index (χ2v) is 3.34. The topological polar surface area (TPSA) is 29.5 Å². The van der Waals surface area contributed by atoms with Gasteiger partial charge in [0.25, 0.3) is 0 Å². The van der Waals surface area contributed by atoms with Crippen molar-refractivity contribution in [2.75, 3.05) is 0 Å². The molecular formula is C12H10O2S. The Hall–Kier alpha value is -1.45. The quantitative estimate of drug-likeness (QED) is 0.793. The first-order valence-corrected chi connectivity index (χ1v) is 5.24. The maximum atomic E-state index is 8.69. The highest BCUT2D eigenvalue weighted by atomic mass is 32.2. The van der Waals surface area contributed by atoms with Gasteiger partial charge >= 0.3 is 0 Å². The van der Waals surface area contributed by atoms with E-state index in [4.69, 9.17) is 8.74 Å². The van der Waals surface area contributed by atoms with Gasteiger partial charge in [0.1, 0.15) is 5.75 Å². The minimum Gasteiger partial charge on any atom is -0.400 e. The lowest BCUT2D eigenvalue weighted by Crippen LogP contribution is -1.84. The molecule has 0 aromatic heterocycles. The van der Waals surface area contributed by atoms with Crippen molar-refractivity contribution in [2.24, 2.45) is 0 Å². The summed E-state index contributed by atoms with van der Waals surface area (Å²) in [4.78, 5) is 0. The Balaban J connectivity index is 2.43. The molecule has 0 heterocycles. The van der Waals surface area contributed by atoms with E-state index in [1.807, 2.05) is 54.6 Å². The van der Waals surface area contributed by atoms with Crippen molar-refractivity contribution in [3.05, 3.63) is 54.6 Å². The Bertz CT molecular complexity index is 429. The normalized spacial score (nSPS) is 9.93. The standard InChI is InChI=1S/C12H10O2S/c13-15-14-12-9-5-4-8-11(12)10-6-2-1-3-7-10/h1-9,13H. The zero-order chi connectivity index (χ0) is 10.5. The summed E-state index contributed by atoms with van der Waals surface area (Å²) in [6.45, 7) is 0. The van der Waals surface area contributed by atoms with Crippen molar-refractivity contribution in [2.45, 2.75) is 0 Å². The van der Waals surface area contributed by atoms with Crippen LogP contribution in [0.15, 0.2) is 54.6 Å². The zero-order valence-corrected chi connectivity index (χ0v) is 8.78. The second-order valence-electron chi connectivity index (χ2n) is 3.02. The lowest BCUT2D eigenvalue weighted by molar-refractivity contribution is 0.542. The molecule has 0 radical (unpaired) electrons. The van der Waals surface area contributed by atoms with Crippen molar-refractivity contribution >= 4 is 12.3 Å². The van der Waals surface area contributed by atoms with Crippen LogP contribution in [0.1, 0.15) is 0 Å². The highest BCUT2D eigenvalue weighted by Crippen LogP contribution is 2.30. The van der Waals surface area contributed by atoms with Gasteiger partial charge in [-0.05, 0) is 11.6 Å². The van der Waals surface area contributed by atoms with Gasteiger partial charge in [0.2, 0.25) is 12.3 Å². The molecule has 0 saturated carbocycles. The summed E-state index contributed by atoms with van der Waals surface area (Å²) < 4.78 is 13.7. The van der Waals surface area contributed by atoms with E-state index in [-0.39, 0.29) is 0 Å². The number of rotatable bonds is 3. The van der Waals surface area contributed by atoms with E-state index in [0.29, 0.717) is 18.1 Å². The average Bonchev–Trinajstić information content (AvgIpc) is 2.31. The molecule has 76 valence electrons. The first kappa shape index (κ1) is 10.1. The van der Waals surface area contributed by atoms with Gasteiger partial charge in [-0.1, -0.05) is 48.5 Å². The van der Waals surface area contributed by atoms with Crippen molar-refractivity contribution < 1.29 is 8.74 Å². The SMILES string of the molecule is OSOc1ccccc1-c1ccccc1. The van der Waals surface area contributed by atoms with Crippen molar-refractivity contribution in [1.29, 1.82) is 0 Å². The molecule has 0 fully saturated rings. The third-order valence-electron chi connectivity index (χ3n) is 2.10. The summed E-state index contributed by atoms with van der Waals surface area (Å²) in [5, 5.41) is 0. The monoisotopic (exact) mass is 218 g/mol. The third kappa shape index (κ3) is 2.32. The molecule has 0 aliphatic carbocycles. The Labute approximate surface area is 92.9 Å². The highest BCUT2D eigenvalue weighted by Gasteiger charge is 2.04. The molecule has 2 rings (SSSR count). The average molecular weight is 218 g/mol. The molecule has 15 heavy (non-hydrogen) atoms. The lowest BCUT2D eigenvalue weighted by atomic mass is 10.1. The fraction of sp³-hybridized carbons (Fsp3) is 0. The van der Waals surface area contributed by atoms with Crippen molar-refractivity contribution in [3.8, 4) is 16.9 Å². The molecule has 0 bridgehead atoms. The molecule has 0 unspecified atom stereocenters. The van der Waals surface area contributed by atoms with Gasteiger partial charge in [-0.3, -0.25) is 4.55 Å². The minimum absolute atomic E-state index is 0.364. The molecule has 2 aromatic carbocycles. The summed E-state index contributed by atoms with van der Waals surface area (Å²) >= 11 is 0.364. The fourth-order valence-corrected chi connectivity index (χ4v) is 1.66. The maximum absolute atomic E-state index is 8.69. The predicted octanol–water partition coefficient (Wildman–Crippen LogP) is 3.85. The lowest BCUT2D eigenvalue weighted by Gasteiger charge is -2.07. The molecule has 0 amide bonds. The molecule has 2 aromatic rings. The van der Waals surface area contributed by atoms with E-state index >= 15 is 0 Å². The Morgan fingerprint density at radius 2 is 1.53 bits per heavy atom. The van der Waals surface area contributed by atoms with Crippen molar-refractivity contribution in [3.63, 3.8) is 0 Å². The van der Waals surface area contributed by atoms with Gasteiger partial charge in [0.05, 0.1) is 0 Å². The molecule has 0 aliphatic rings. The molecular weight excluding hydrogens is 208 g/mol. The van der Waals surface area contributed by atoms with E-state index in [0.717, 1.165) is 11.1 Å². The molecule has 0 atom stereocenters. The third-order valence-corrected chi connectivity index (χ3v) is 2.35. The van der Waals surface area contributed by atoms with Crippen LogP contribution in [-0.2, 0) is 0 Å². The molecule has 0 aliphatic heterocycles. The predicted molar refractivity (Wildman–Crippen MR) is 62.7 cm³/mol. The van der Waals surface area contributed by atoms with Crippen LogP contribution in [0.5, 0.6) is 5.75 Å². The molecule has 1 N–H and O–H groups in total. The Morgan fingerprint density at radius 1 is 0.867 bits per heavy atom. The van der Waals surface area contributed by atoms with Crippen LogP contribution in [0.4, 0.5) is 0 Å². The summed E-state index contributed by atoms with van der Waals surface area (Å²) in [6.07, 6.45) is 0. The highest BCUT2D eigenvalue weighted by molar-refractivity contribution is 7.89. The van der Waals surface area contributed by atoms with Crippen LogP contribution in [0.2, 0.25) is 0 Å². The van der Waals surface area contributed by atoms with Crippen LogP contribution in [0, 0.1) is 0 Å². The van der Waals surface area contributed by atoms with Gasteiger partial charge in [0.15, 0.2) is 0 Å². The maximum Gasteiger partial charge on any atom is 0.222 e. The molecule has 2 nitrogen and oxygen atoms in total. The first-order valence-electron chi connectivity index (χ1n) is 4.54. The summed E-state index contributed by atoms with van der Waals surface area (Å²) in [5.41, 5.74) is 2.04. The Kier molecular flexibility index (Phi) is 3.27.